The van der Waals surface area contributed by atoms with Crippen molar-refractivity contribution in [1.29, 1.82) is 0 Å². The van der Waals surface area contributed by atoms with Crippen molar-refractivity contribution in [2.24, 2.45) is 0 Å². The molecule has 4 nitrogen and oxygen atoms in total. The quantitative estimate of drug-likeness (QED) is 0.685. The summed E-state index contributed by atoms with van der Waals surface area (Å²) >= 11 is 0. The van der Waals surface area contributed by atoms with E-state index in [2.05, 4.69) is 31.2 Å². The van der Waals surface area contributed by atoms with Gasteiger partial charge in [0.1, 0.15) is 0 Å². The Kier molecular flexibility index (Phi) is 6.61. The summed E-state index contributed by atoms with van der Waals surface area (Å²) in [6.45, 7) is 6.83. The van der Waals surface area contributed by atoms with Crippen LogP contribution in [0.1, 0.15) is 55.1 Å². The summed E-state index contributed by atoms with van der Waals surface area (Å²) in [6.07, 6.45) is 3.95. The van der Waals surface area contributed by atoms with Crippen LogP contribution < -0.4 is 9.47 Å². The van der Waals surface area contributed by atoms with E-state index in [9.17, 15) is 4.79 Å². The Morgan fingerprint density at radius 3 is 2.57 bits per heavy atom. The fourth-order valence-electron chi connectivity index (χ4n) is 3.95. The Bertz CT molecular complexity index is 815. The largest absolute Gasteiger partial charge is 0.493 e. The molecule has 28 heavy (non-hydrogen) atoms. The van der Waals surface area contributed by atoms with E-state index < -0.39 is 0 Å². The Morgan fingerprint density at radius 1 is 1.14 bits per heavy atom. The molecule has 0 radical (unpaired) electrons. The maximum absolute atomic E-state index is 13.4. The predicted octanol–water partition coefficient (Wildman–Crippen LogP) is 4.89. The molecule has 0 fully saturated rings. The van der Waals surface area contributed by atoms with Crippen LogP contribution in [0.25, 0.3) is 0 Å². The first-order valence-electron chi connectivity index (χ1n) is 10.3. The van der Waals surface area contributed by atoms with Crippen molar-refractivity contribution in [3.63, 3.8) is 0 Å². The molecule has 0 saturated heterocycles. The van der Waals surface area contributed by atoms with Gasteiger partial charge in [-0.1, -0.05) is 31.2 Å². The van der Waals surface area contributed by atoms with Crippen LogP contribution in [0, 0.1) is 0 Å². The highest BCUT2D eigenvalue weighted by molar-refractivity contribution is 5.95. The van der Waals surface area contributed by atoms with Crippen molar-refractivity contribution in [2.75, 3.05) is 13.7 Å². The Balaban J connectivity index is 1.83. The van der Waals surface area contributed by atoms with E-state index in [1.54, 1.807) is 13.2 Å². The number of ether oxygens (including phenoxy) is 2. The highest BCUT2D eigenvalue weighted by Crippen LogP contribution is 2.31. The maximum atomic E-state index is 13.4. The molecule has 0 heterocycles. The van der Waals surface area contributed by atoms with Gasteiger partial charge in [-0.15, -0.1) is 0 Å². The lowest BCUT2D eigenvalue weighted by Crippen LogP contribution is -2.43. The minimum absolute atomic E-state index is 0.0503. The number of hydrogen-bond donors (Lipinski definition) is 0. The summed E-state index contributed by atoms with van der Waals surface area (Å²) in [5.41, 5.74) is 3.44. The minimum Gasteiger partial charge on any atom is -0.493 e. The van der Waals surface area contributed by atoms with Crippen LogP contribution in [-0.2, 0) is 12.8 Å². The van der Waals surface area contributed by atoms with Gasteiger partial charge in [0.2, 0.25) is 0 Å². The summed E-state index contributed by atoms with van der Waals surface area (Å²) in [7, 11) is 1.61. The lowest BCUT2D eigenvalue weighted by atomic mass is 9.87. The van der Waals surface area contributed by atoms with Gasteiger partial charge in [0.05, 0.1) is 13.2 Å². The van der Waals surface area contributed by atoms with E-state index >= 15 is 0 Å². The van der Waals surface area contributed by atoms with Gasteiger partial charge >= 0.3 is 0 Å². The summed E-state index contributed by atoms with van der Waals surface area (Å²) in [6, 6.07) is 14.3. The number of fused-ring (bicyclic) bond motifs is 1. The van der Waals surface area contributed by atoms with Gasteiger partial charge in [0.25, 0.3) is 5.91 Å². The van der Waals surface area contributed by atoms with Crippen LogP contribution in [0.2, 0.25) is 0 Å². The van der Waals surface area contributed by atoms with E-state index in [0.717, 1.165) is 32.2 Å². The van der Waals surface area contributed by atoms with E-state index in [4.69, 9.17) is 9.47 Å². The number of methoxy groups -OCH3 is 1. The van der Waals surface area contributed by atoms with Crippen LogP contribution >= 0.6 is 0 Å². The number of rotatable bonds is 7. The molecule has 1 unspecified atom stereocenters. The minimum atomic E-state index is 0.0503. The third-order valence-electron chi connectivity index (χ3n) is 5.26. The number of benzene rings is 2. The van der Waals surface area contributed by atoms with E-state index in [-0.39, 0.29) is 18.1 Å². The molecule has 4 heteroatoms. The zero-order valence-corrected chi connectivity index (χ0v) is 17.4. The summed E-state index contributed by atoms with van der Waals surface area (Å²) in [5.74, 6) is 1.34. The Morgan fingerprint density at radius 2 is 1.89 bits per heavy atom. The van der Waals surface area contributed by atoms with Gasteiger partial charge in [-0.3, -0.25) is 4.79 Å². The maximum Gasteiger partial charge on any atom is 0.254 e. The van der Waals surface area contributed by atoms with Crippen molar-refractivity contribution >= 4 is 5.91 Å². The van der Waals surface area contributed by atoms with Crippen LogP contribution in [0.3, 0.4) is 0 Å². The number of aryl methyl sites for hydroxylation is 1. The van der Waals surface area contributed by atoms with E-state index in [0.29, 0.717) is 17.1 Å². The second-order valence-electron chi connectivity index (χ2n) is 7.70. The number of hydrogen-bond acceptors (Lipinski definition) is 3. The van der Waals surface area contributed by atoms with Crippen LogP contribution in [0.15, 0.2) is 42.5 Å². The third-order valence-corrected chi connectivity index (χ3v) is 5.26. The number of nitrogens with zero attached hydrogens (tertiary/aromatic N) is 1. The molecule has 2 aromatic carbocycles. The van der Waals surface area contributed by atoms with Gasteiger partial charge in [-0.2, -0.15) is 0 Å². The first-order chi connectivity index (χ1) is 13.5. The zero-order valence-electron chi connectivity index (χ0n) is 17.4. The molecule has 1 aliphatic carbocycles. The van der Waals surface area contributed by atoms with Crippen LogP contribution in [0.4, 0.5) is 0 Å². The van der Waals surface area contributed by atoms with Gasteiger partial charge in [0.15, 0.2) is 11.5 Å². The Hall–Kier alpha value is -2.49. The first-order valence-corrected chi connectivity index (χ1v) is 10.3. The number of carbonyl (C=O) groups excluding carboxylic acids is 1. The van der Waals surface area contributed by atoms with Crippen molar-refractivity contribution in [3.8, 4) is 11.5 Å². The molecule has 0 saturated carbocycles. The molecule has 0 aliphatic heterocycles. The molecule has 3 rings (SSSR count). The molecule has 1 amide bonds. The van der Waals surface area contributed by atoms with Gasteiger partial charge in [-0.25, -0.2) is 0 Å². The molecule has 1 atom stereocenters. The lowest BCUT2D eigenvalue weighted by Gasteiger charge is -2.35. The average molecular weight is 382 g/mol. The molecule has 2 aromatic rings. The SMILES string of the molecule is CCCN(C(=O)c1ccc(OC(C)C)c(OC)c1)C1CCc2ccccc2C1. The molecular formula is C24H31NO3. The fourth-order valence-corrected chi connectivity index (χ4v) is 3.95. The second kappa shape index (κ2) is 9.13. The molecular weight excluding hydrogens is 350 g/mol. The molecule has 0 N–H and O–H groups in total. The third kappa shape index (κ3) is 4.49. The summed E-state index contributed by atoms with van der Waals surface area (Å²) in [4.78, 5) is 15.4. The highest BCUT2D eigenvalue weighted by atomic mass is 16.5. The van der Waals surface area contributed by atoms with E-state index in [1.807, 2.05) is 30.9 Å². The molecule has 150 valence electrons. The monoisotopic (exact) mass is 381 g/mol. The van der Waals surface area contributed by atoms with Crippen molar-refractivity contribution in [3.05, 3.63) is 59.2 Å². The van der Waals surface area contributed by atoms with Gasteiger partial charge in [-0.05, 0) is 68.9 Å². The molecule has 0 aromatic heterocycles. The molecule has 0 spiro atoms. The standard InChI is InChI=1S/C24H31NO3/c1-5-14-25(21-12-10-18-8-6-7-9-19(18)15-21)24(26)20-11-13-22(28-17(2)3)23(16-20)27-4/h6-9,11,13,16-17,21H,5,10,12,14-15H2,1-4H3. The zero-order chi connectivity index (χ0) is 20.1. The summed E-state index contributed by atoms with van der Waals surface area (Å²) < 4.78 is 11.3. The molecule has 1 aliphatic rings. The van der Waals surface area contributed by atoms with Crippen LogP contribution in [-0.4, -0.2) is 36.6 Å². The second-order valence-corrected chi connectivity index (χ2v) is 7.70. The van der Waals surface area contributed by atoms with Crippen molar-refractivity contribution < 1.29 is 14.3 Å². The lowest BCUT2D eigenvalue weighted by molar-refractivity contribution is 0.0661. The van der Waals surface area contributed by atoms with Gasteiger partial charge in [0, 0.05) is 18.2 Å². The fraction of sp³-hybridized carbons (Fsp3) is 0.458. The number of amides is 1. The topological polar surface area (TPSA) is 38.8 Å². The highest BCUT2D eigenvalue weighted by Gasteiger charge is 2.28. The molecule has 0 bridgehead atoms. The average Bonchev–Trinajstić information content (AvgIpc) is 2.71. The smallest absolute Gasteiger partial charge is 0.254 e. The number of carbonyl (C=O) groups is 1. The van der Waals surface area contributed by atoms with Gasteiger partial charge < -0.3 is 14.4 Å². The summed E-state index contributed by atoms with van der Waals surface area (Å²) in [5, 5.41) is 0. The van der Waals surface area contributed by atoms with E-state index in [1.165, 1.54) is 11.1 Å². The predicted molar refractivity (Wildman–Crippen MR) is 112 cm³/mol. The normalized spacial score (nSPS) is 15.8. The van der Waals surface area contributed by atoms with Crippen molar-refractivity contribution in [2.45, 2.75) is 58.6 Å². The Labute approximate surface area is 168 Å². The first kappa shape index (κ1) is 20.2. The van der Waals surface area contributed by atoms with Crippen molar-refractivity contribution in [1.82, 2.24) is 4.90 Å². The van der Waals surface area contributed by atoms with Crippen LogP contribution in [0.5, 0.6) is 11.5 Å².